The van der Waals surface area contributed by atoms with Gasteiger partial charge in [0, 0.05) is 31.5 Å². The van der Waals surface area contributed by atoms with Crippen LogP contribution in [0.15, 0.2) is 91.0 Å². The summed E-state index contributed by atoms with van der Waals surface area (Å²) in [6.07, 6.45) is 4.30. The summed E-state index contributed by atoms with van der Waals surface area (Å²) in [5.74, 6) is 2.00. The van der Waals surface area contributed by atoms with Crippen LogP contribution < -0.4 is 15.1 Å². The molecule has 5 rings (SSSR count). The first-order valence-electron chi connectivity index (χ1n) is 15.7. The van der Waals surface area contributed by atoms with Gasteiger partial charge in [0.1, 0.15) is 11.5 Å². The van der Waals surface area contributed by atoms with Crippen molar-refractivity contribution < 1.29 is 18.7 Å². The summed E-state index contributed by atoms with van der Waals surface area (Å²) in [6, 6.07) is 31.6. The molecule has 1 unspecified atom stereocenters. The van der Waals surface area contributed by atoms with Gasteiger partial charge in [-0.15, -0.1) is 0 Å². The van der Waals surface area contributed by atoms with Crippen molar-refractivity contribution in [3.05, 3.63) is 91.0 Å². The van der Waals surface area contributed by atoms with Crippen molar-refractivity contribution in [1.82, 2.24) is 0 Å². The number of Topliss-reactive ketones (excluding diaryl/α,β-unsaturated/α-hetero) is 1. The minimum atomic E-state index is -2.63. The molecular weight excluding hydrogens is 536 g/mol. The Labute approximate surface area is 253 Å². The maximum Gasteiger partial charge on any atom is 0.261 e. The molecule has 2 fully saturated rings. The number of para-hydroxylation sites is 1. The SMILES string of the molecule is CO[C@H]1C[C@@H]2CC(C)CC(=O)[C@]2(CCCO[Si](c2ccccc2)(c2ccccc2)C(C)(C)C)[C@H]1COc1ccccc1. The zero-order chi connectivity index (χ0) is 29.8. The monoisotopic (exact) mass is 584 g/mol. The third kappa shape index (κ3) is 5.76. The second-order valence-electron chi connectivity index (χ2n) is 13.6. The number of rotatable bonds is 11. The minimum absolute atomic E-state index is 0.0190. The number of ketones is 1. The predicted octanol–water partition coefficient (Wildman–Crippen LogP) is 7.06. The van der Waals surface area contributed by atoms with Gasteiger partial charge in [0.25, 0.3) is 8.32 Å². The molecular formula is C37H48O4Si. The highest BCUT2D eigenvalue weighted by molar-refractivity contribution is 6.99. The van der Waals surface area contributed by atoms with Crippen molar-refractivity contribution in [2.75, 3.05) is 20.3 Å². The van der Waals surface area contributed by atoms with E-state index < -0.39 is 13.7 Å². The molecule has 0 heterocycles. The fourth-order valence-corrected chi connectivity index (χ4v) is 12.8. The fraction of sp³-hybridized carbons (Fsp3) is 0.486. The van der Waals surface area contributed by atoms with Crippen LogP contribution in [0.2, 0.25) is 5.04 Å². The number of benzene rings is 3. The van der Waals surface area contributed by atoms with E-state index in [-0.39, 0.29) is 17.1 Å². The molecule has 42 heavy (non-hydrogen) atoms. The molecule has 0 spiro atoms. The highest BCUT2D eigenvalue weighted by Crippen LogP contribution is 2.58. The Morgan fingerprint density at radius 2 is 1.43 bits per heavy atom. The Morgan fingerprint density at radius 1 is 0.857 bits per heavy atom. The number of hydrogen-bond donors (Lipinski definition) is 0. The maximum absolute atomic E-state index is 14.1. The summed E-state index contributed by atoms with van der Waals surface area (Å²) in [5, 5.41) is 2.50. The van der Waals surface area contributed by atoms with Crippen LogP contribution in [-0.4, -0.2) is 40.5 Å². The van der Waals surface area contributed by atoms with Crippen molar-refractivity contribution in [2.45, 2.75) is 70.9 Å². The van der Waals surface area contributed by atoms with Gasteiger partial charge in [-0.2, -0.15) is 0 Å². The van der Waals surface area contributed by atoms with Crippen molar-refractivity contribution in [1.29, 1.82) is 0 Å². The smallest absolute Gasteiger partial charge is 0.261 e. The van der Waals surface area contributed by atoms with Crippen LogP contribution in [0.3, 0.4) is 0 Å². The molecule has 224 valence electrons. The van der Waals surface area contributed by atoms with Crippen molar-refractivity contribution >= 4 is 24.5 Å². The molecule has 0 N–H and O–H groups in total. The van der Waals surface area contributed by atoms with Gasteiger partial charge in [0.05, 0.1) is 12.7 Å². The first-order valence-corrected chi connectivity index (χ1v) is 17.6. The quantitative estimate of drug-likeness (QED) is 0.179. The summed E-state index contributed by atoms with van der Waals surface area (Å²) in [5.41, 5.74) is -0.434. The molecule has 2 saturated carbocycles. The first kappa shape index (κ1) is 30.7. The van der Waals surface area contributed by atoms with Crippen molar-refractivity contribution in [3.63, 3.8) is 0 Å². The van der Waals surface area contributed by atoms with Crippen LogP contribution in [0, 0.1) is 23.2 Å². The van der Waals surface area contributed by atoms with E-state index in [1.807, 2.05) is 30.3 Å². The third-order valence-corrected chi connectivity index (χ3v) is 15.1. The second kappa shape index (κ2) is 12.9. The lowest BCUT2D eigenvalue weighted by Crippen LogP contribution is -2.66. The Bertz CT molecular complexity index is 1250. The van der Waals surface area contributed by atoms with Crippen LogP contribution >= 0.6 is 0 Å². The summed E-state index contributed by atoms with van der Waals surface area (Å²) in [4.78, 5) is 14.1. The number of carbonyl (C=O) groups excluding carboxylic acids is 1. The maximum atomic E-state index is 14.1. The Kier molecular flexibility index (Phi) is 9.41. The zero-order valence-corrected chi connectivity index (χ0v) is 27.1. The molecule has 0 radical (unpaired) electrons. The van der Waals surface area contributed by atoms with Crippen LogP contribution in [0.1, 0.15) is 59.8 Å². The van der Waals surface area contributed by atoms with Gasteiger partial charge >= 0.3 is 0 Å². The van der Waals surface area contributed by atoms with E-state index in [0.717, 1.165) is 31.4 Å². The van der Waals surface area contributed by atoms with E-state index in [2.05, 4.69) is 88.4 Å². The molecule has 0 bridgehead atoms. The van der Waals surface area contributed by atoms with E-state index >= 15 is 0 Å². The molecule has 3 aromatic rings. The summed E-state index contributed by atoms with van der Waals surface area (Å²) >= 11 is 0. The van der Waals surface area contributed by atoms with Crippen LogP contribution in [0.25, 0.3) is 0 Å². The van der Waals surface area contributed by atoms with E-state index in [1.165, 1.54) is 10.4 Å². The van der Waals surface area contributed by atoms with Gasteiger partial charge in [-0.05, 0) is 65.1 Å². The number of fused-ring (bicyclic) bond motifs is 1. The van der Waals surface area contributed by atoms with Gasteiger partial charge in [-0.1, -0.05) is 107 Å². The standard InChI is InChI=1S/C37H48O4Si/c1-28-24-29-26-34(39-5)33(27-40-30-16-9-6-10-17-30)37(29,35(38)25-28)22-15-23-41-42(36(2,3)4,31-18-11-7-12-19-31)32-20-13-8-14-21-32/h6-14,16-21,28-29,33-34H,15,22-27H2,1-5H3/t28?,29-,33-,34-,37-/m0/s1. The van der Waals surface area contributed by atoms with E-state index in [1.54, 1.807) is 7.11 Å². The molecule has 3 aromatic carbocycles. The lowest BCUT2D eigenvalue weighted by Gasteiger charge is -2.45. The van der Waals surface area contributed by atoms with Gasteiger partial charge in [-0.3, -0.25) is 4.79 Å². The zero-order valence-electron chi connectivity index (χ0n) is 26.1. The van der Waals surface area contributed by atoms with Gasteiger partial charge in [0.2, 0.25) is 0 Å². The molecule has 0 aromatic heterocycles. The van der Waals surface area contributed by atoms with Gasteiger partial charge < -0.3 is 13.9 Å². The molecule has 5 heteroatoms. The van der Waals surface area contributed by atoms with Crippen LogP contribution in [0.5, 0.6) is 5.75 Å². The largest absolute Gasteiger partial charge is 0.493 e. The highest BCUT2D eigenvalue weighted by atomic mass is 28.4. The first-order chi connectivity index (χ1) is 20.2. The fourth-order valence-electron chi connectivity index (χ4n) is 8.21. The summed E-state index contributed by atoms with van der Waals surface area (Å²) < 4.78 is 19.7. The number of methoxy groups -OCH3 is 1. The molecule has 2 aliphatic rings. The van der Waals surface area contributed by atoms with Gasteiger partial charge in [0.15, 0.2) is 0 Å². The van der Waals surface area contributed by atoms with Crippen molar-refractivity contribution in [3.8, 4) is 5.75 Å². The average Bonchev–Trinajstić information content (AvgIpc) is 3.30. The molecule has 4 nitrogen and oxygen atoms in total. The molecule has 2 aliphatic carbocycles. The Morgan fingerprint density at radius 3 is 1.98 bits per heavy atom. The summed E-state index contributed by atoms with van der Waals surface area (Å²) in [7, 11) is -0.834. The third-order valence-electron chi connectivity index (χ3n) is 10.0. The lowest BCUT2D eigenvalue weighted by atomic mass is 9.59. The number of carbonyl (C=O) groups is 1. The van der Waals surface area contributed by atoms with E-state index in [9.17, 15) is 4.79 Å². The van der Waals surface area contributed by atoms with Gasteiger partial charge in [-0.25, -0.2) is 0 Å². The van der Waals surface area contributed by atoms with Crippen LogP contribution in [-0.2, 0) is 14.0 Å². The van der Waals surface area contributed by atoms with Crippen molar-refractivity contribution in [2.24, 2.45) is 23.2 Å². The van der Waals surface area contributed by atoms with E-state index in [0.29, 0.717) is 37.3 Å². The minimum Gasteiger partial charge on any atom is -0.493 e. The highest BCUT2D eigenvalue weighted by Gasteiger charge is 2.61. The Balaban J connectivity index is 1.42. The summed E-state index contributed by atoms with van der Waals surface area (Å²) in [6.45, 7) is 10.3. The molecule has 0 amide bonds. The van der Waals surface area contributed by atoms with E-state index in [4.69, 9.17) is 13.9 Å². The average molecular weight is 585 g/mol. The number of hydrogen-bond acceptors (Lipinski definition) is 4. The normalized spacial score (nSPS) is 26.2. The second-order valence-corrected chi connectivity index (χ2v) is 17.9. The van der Waals surface area contributed by atoms with Crippen LogP contribution in [0.4, 0.5) is 0 Å². The molecule has 0 aliphatic heterocycles. The molecule has 5 atom stereocenters. The Hall–Kier alpha value is -2.73. The topological polar surface area (TPSA) is 44.8 Å². The molecule has 0 saturated heterocycles. The number of ether oxygens (including phenoxy) is 2. The lowest BCUT2D eigenvalue weighted by molar-refractivity contribution is -0.142. The predicted molar refractivity (Wildman–Crippen MR) is 173 cm³/mol.